The van der Waals surface area contributed by atoms with Gasteiger partial charge in [0.1, 0.15) is 5.82 Å². The first-order valence-corrected chi connectivity index (χ1v) is 11.0. The average molecular weight is 390 g/mol. The molecule has 1 amide bonds. The molecular formula is C25H31N3O. The average Bonchev–Trinajstić information content (AvgIpc) is 3.11. The molecule has 29 heavy (non-hydrogen) atoms. The van der Waals surface area contributed by atoms with Gasteiger partial charge in [-0.2, -0.15) is 0 Å². The zero-order valence-corrected chi connectivity index (χ0v) is 17.4. The summed E-state index contributed by atoms with van der Waals surface area (Å²) in [4.78, 5) is 17.3. The van der Waals surface area contributed by atoms with Gasteiger partial charge in [0.25, 0.3) is 5.91 Å². The Morgan fingerprint density at radius 1 is 1.07 bits per heavy atom. The molecule has 0 bridgehead atoms. The largest absolute Gasteiger partial charge is 0.352 e. The molecular weight excluding hydrogens is 358 g/mol. The summed E-state index contributed by atoms with van der Waals surface area (Å²) in [5.41, 5.74) is 4.13. The van der Waals surface area contributed by atoms with Crippen molar-refractivity contribution in [2.75, 3.05) is 6.54 Å². The fourth-order valence-corrected chi connectivity index (χ4v) is 4.45. The maximum Gasteiger partial charge on any atom is 0.251 e. The van der Waals surface area contributed by atoms with Crippen molar-refractivity contribution in [3.8, 4) is 0 Å². The Hall–Kier alpha value is -2.62. The first-order valence-electron chi connectivity index (χ1n) is 11.0. The van der Waals surface area contributed by atoms with E-state index in [1.54, 1.807) is 0 Å². The van der Waals surface area contributed by atoms with Crippen LogP contribution in [0.3, 0.4) is 0 Å². The second kappa shape index (κ2) is 9.25. The summed E-state index contributed by atoms with van der Waals surface area (Å²) in [6.07, 6.45) is 8.88. The van der Waals surface area contributed by atoms with Gasteiger partial charge >= 0.3 is 0 Å². The molecule has 1 aliphatic rings. The van der Waals surface area contributed by atoms with Gasteiger partial charge < -0.3 is 9.88 Å². The normalized spacial score (nSPS) is 14.9. The number of rotatable bonds is 7. The lowest BCUT2D eigenvalue weighted by Crippen LogP contribution is -2.26. The molecule has 0 aliphatic heterocycles. The van der Waals surface area contributed by atoms with Crippen molar-refractivity contribution in [1.82, 2.24) is 14.9 Å². The zero-order valence-electron chi connectivity index (χ0n) is 17.4. The molecule has 0 radical (unpaired) electrons. The Kier molecular flexibility index (Phi) is 6.28. The van der Waals surface area contributed by atoms with Gasteiger partial charge in [0.05, 0.1) is 11.0 Å². The maximum atomic E-state index is 12.4. The molecule has 1 aromatic heterocycles. The third kappa shape index (κ3) is 4.87. The maximum absolute atomic E-state index is 12.4. The Morgan fingerprint density at radius 3 is 2.62 bits per heavy atom. The van der Waals surface area contributed by atoms with Crippen LogP contribution in [0.25, 0.3) is 11.0 Å². The number of hydrogen-bond acceptors (Lipinski definition) is 2. The van der Waals surface area contributed by atoms with Gasteiger partial charge in [-0.25, -0.2) is 4.98 Å². The summed E-state index contributed by atoms with van der Waals surface area (Å²) in [6.45, 7) is 3.64. The van der Waals surface area contributed by atoms with Crippen LogP contribution in [0, 0.1) is 12.8 Å². The lowest BCUT2D eigenvalue weighted by Gasteiger charge is -2.22. The van der Waals surface area contributed by atoms with E-state index in [1.165, 1.54) is 44.0 Å². The van der Waals surface area contributed by atoms with Gasteiger partial charge in [0, 0.05) is 25.1 Å². The molecule has 0 spiro atoms. The van der Waals surface area contributed by atoms with Gasteiger partial charge in [-0.15, -0.1) is 0 Å². The van der Waals surface area contributed by atoms with Crippen molar-refractivity contribution < 1.29 is 4.79 Å². The van der Waals surface area contributed by atoms with E-state index in [0.29, 0.717) is 12.1 Å². The van der Waals surface area contributed by atoms with Crippen molar-refractivity contribution in [1.29, 1.82) is 0 Å². The van der Waals surface area contributed by atoms with E-state index >= 15 is 0 Å². The van der Waals surface area contributed by atoms with Crippen molar-refractivity contribution in [3.05, 3.63) is 65.5 Å². The summed E-state index contributed by atoms with van der Waals surface area (Å²) in [5.74, 6) is 1.90. The second-order valence-corrected chi connectivity index (χ2v) is 8.33. The highest BCUT2D eigenvalue weighted by atomic mass is 16.1. The molecule has 1 aliphatic carbocycles. The predicted molar refractivity (Wildman–Crippen MR) is 118 cm³/mol. The molecule has 4 rings (SSSR count). The van der Waals surface area contributed by atoms with Crippen LogP contribution in [0.15, 0.2) is 48.5 Å². The number of carbonyl (C=O) groups excluding carboxylic acids is 1. The summed E-state index contributed by atoms with van der Waals surface area (Å²) in [6, 6.07) is 16.1. The monoisotopic (exact) mass is 389 g/mol. The SMILES string of the molecule is Cc1ccc(C(=O)NCCc2nc3ccccc3n2CCC2CCCCC2)cc1. The van der Waals surface area contributed by atoms with Gasteiger partial charge in [0.2, 0.25) is 0 Å². The van der Waals surface area contributed by atoms with E-state index in [2.05, 4.69) is 28.1 Å². The fourth-order valence-electron chi connectivity index (χ4n) is 4.45. The summed E-state index contributed by atoms with van der Waals surface area (Å²) >= 11 is 0. The minimum atomic E-state index is -0.0186. The number of nitrogens with zero attached hydrogens (tertiary/aromatic N) is 2. The first-order chi connectivity index (χ1) is 14.2. The first kappa shape index (κ1) is 19.7. The summed E-state index contributed by atoms with van der Waals surface area (Å²) in [5, 5.41) is 3.05. The van der Waals surface area contributed by atoms with Crippen molar-refractivity contribution in [2.24, 2.45) is 5.92 Å². The van der Waals surface area contributed by atoms with E-state index in [0.717, 1.165) is 35.8 Å². The van der Waals surface area contributed by atoms with Crippen LogP contribution in [-0.4, -0.2) is 22.0 Å². The third-order valence-electron chi connectivity index (χ3n) is 6.17. The standard InChI is InChI=1S/C25H31N3O/c1-19-11-13-21(14-12-19)25(29)26-17-15-24-27-22-9-5-6-10-23(22)28(24)18-16-20-7-3-2-4-8-20/h5-6,9-14,20H,2-4,7-8,15-18H2,1H3,(H,26,29). The van der Waals surface area contributed by atoms with Crippen LogP contribution in [0.4, 0.5) is 0 Å². The minimum Gasteiger partial charge on any atom is -0.352 e. The fraction of sp³-hybridized carbons (Fsp3) is 0.440. The number of nitrogens with one attached hydrogen (secondary N) is 1. The van der Waals surface area contributed by atoms with Gasteiger partial charge in [-0.3, -0.25) is 4.79 Å². The number of aryl methyl sites for hydroxylation is 2. The summed E-state index contributed by atoms with van der Waals surface area (Å²) in [7, 11) is 0. The van der Waals surface area contributed by atoms with Crippen molar-refractivity contribution in [2.45, 2.75) is 58.4 Å². The molecule has 1 heterocycles. The number of carbonyl (C=O) groups is 1. The zero-order chi connectivity index (χ0) is 20.1. The molecule has 1 fully saturated rings. The van der Waals surface area contributed by atoms with Crippen molar-refractivity contribution >= 4 is 16.9 Å². The number of fused-ring (bicyclic) bond motifs is 1. The number of aromatic nitrogens is 2. The molecule has 1 N–H and O–H groups in total. The second-order valence-electron chi connectivity index (χ2n) is 8.33. The van der Waals surface area contributed by atoms with E-state index in [1.807, 2.05) is 37.3 Å². The third-order valence-corrected chi connectivity index (χ3v) is 6.17. The number of para-hydroxylation sites is 2. The molecule has 0 unspecified atom stereocenters. The van der Waals surface area contributed by atoms with Crippen LogP contribution in [0.2, 0.25) is 0 Å². The Morgan fingerprint density at radius 2 is 1.83 bits per heavy atom. The molecule has 0 saturated heterocycles. The lowest BCUT2D eigenvalue weighted by atomic mass is 9.87. The highest BCUT2D eigenvalue weighted by Gasteiger charge is 2.16. The number of benzene rings is 2. The van der Waals surface area contributed by atoms with Gasteiger partial charge in [-0.1, -0.05) is 61.9 Å². The molecule has 1 saturated carbocycles. The minimum absolute atomic E-state index is 0.0186. The van der Waals surface area contributed by atoms with Crippen molar-refractivity contribution in [3.63, 3.8) is 0 Å². The number of hydrogen-bond donors (Lipinski definition) is 1. The smallest absolute Gasteiger partial charge is 0.251 e. The molecule has 152 valence electrons. The Labute approximate surface area is 173 Å². The number of amides is 1. The quantitative estimate of drug-likeness (QED) is 0.597. The Balaban J connectivity index is 1.42. The Bertz CT molecular complexity index is 952. The molecule has 3 aromatic rings. The molecule has 2 aromatic carbocycles. The van der Waals surface area contributed by atoms with Crippen LogP contribution >= 0.6 is 0 Å². The highest BCUT2D eigenvalue weighted by Crippen LogP contribution is 2.27. The van der Waals surface area contributed by atoms with Gasteiger partial charge in [0.15, 0.2) is 0 Å². The molecule has 4 heteroatoms. The van der Waals surface area contributed by atoms with Gasteiger partial charge in [-0.05, 0) is 43.5 Å². The lowest BCUT2D eigenvalue weighted by molar-refractivity contribution is 0.0954. The summed E-state index contributed by atoms with van der Waals surface area (Å²) < 4.78 is 2.38. The molecule has 0 atom stereocenters. The van der Waals surface area contributed by atoms with Crippen LogP contribution in [0.5, 0.6) is 0 Å². The predicted octanol–water partition coefficient (Wildman–Crippen LogP) is 5.29. The number of imidazole rings is 1. The van der Waals surface area contributed by atoms with E-state index in [-0.39, 0.29) is 5.91 Å². The van der Waals surface area contributed by atoms with Crippen LogP contribution in [-0.2, 0) is 13.0 Å². The highest BCUT2D eigenvalue weighted by molar-refractivity contribution is 5.94. The van der Waals surface area contributed by atoms with E-state index < -0.39 is 0 Å². The van der Waals surface area contributed by atoms with Crippen LogP contribution < -0.4 is 5.32 Å². The van der Waals surface area contributed by atoms with E-state index in [4.69, 9.17) is 4.98 Å². The molecule has 4 nitrogen and oxygen atoms in total. The topological polar surface area (TPSA) is 46.9 Å². The van der Waals surface area contributed by atoms with Crippen LogP contribution in [0.1, 0.15) is 60.3 Å². The van der Waals surface area contributed by atoms with E-state index in [9.17, 15) is 4.79 Å².